The normalized spacial score (nSPS) is 9.50. The number of hydrogen-bond acceptors (Lipinski definition) is 3. The molecular weight excluding hydrogens is 304 g/mol. The van der Waals surface area contributed by atoms with E-state index in [4.69, 9.17) is 10.5 Å². The Kier molecular flexibility index (Phi) is 6.42. The predicted octanol–water partition coefficient (Wildman–Crippen LogP) is 2.45. The highest BCUT2D eigenvalue weighted by Crippen LogP contribution is 2.06. The van der Waals surface area contributed by atoms with Gasteiger partial charge in [-0.05, 0) is 17.7 Å². The van der Waals surface area contributed by atoms with Crippen molar-refractivity contribution in [3.8, 4) is 11.8 Å². The van der Waals surface area contributed by atoms with Crippen LogP contribution < -0.4 is 11.1 Å². The van der Waals surface area contributed by atoms with Crippen LogP contribution in [0.25, 0.3) is 0 Å². The molecule has 122 valence electrons. The maximum Gasteiger partial charge on any atom is 0.407 e. The minimum atomic E-state index is -0.512. The molecule has 2 aromatic rings. The van der Waals surface area contributed by atoms with Gasteiger partial charge in [0.25, 0.3) is 0 Å². The average molecular weight is 322 g/mol. The van der Waals surface area contributed by atoms with Crippen LogP contribution in [-0.2, 0) is 11.3 Å². The van der Waals surface area contributed by atoms with E-state index in [1.54, 1.807) is 24.3 Å². The molecule has 2 aromatic carbocycles. The fourth-order valence-corrected chi connectivity index (χ4v) is 1.97. The first kappa shape index (κ1) is 17.1. The summed E-state index contributed by atoms with van der Waals surface area (Å²) in [5.74, 6) is 5.27. The molecule has 0 aliphatic rings. The minimum Gasteiger partial charge on any atom is -0.445 e. The number of carbonyl (C=O) groups excluding carboxylic acids is 2. The van der Waals surface area contributed by atoms with Gasteiger partial charge in [-0.3, -0.25) is 4.79 Å². The molecule has 0 unspecified atom stereocenters. The van der Waals surface area contributed by atoms with Gasteiger partial charge >= 0.3 is 6.09 Å². The van der Waals surface area contributed by atoms with Crippen molar-refractivity contribution in [2.45, 2.75) is 13.0 Å². The van der Waals surface area contributed by atoms with Crippen LogP contribution in [0.4, 0.5) is 4.79 Å². The molecule has 5 nitrogen and oxygen atoms in total. The van der Waals surface area contributed by atoms with E-state index in [1.165, 1.54) is 0 Å². The Labute approximate surface area is 140 Å². The predicted molar refractivity (Wildman–Crippen MR) is 91.1 cm³/mol. The van der Waals surface area contributed by atoms with Crippen LogP contribution in [0.5, 0.6) is 0 Å². The summed E-state index contributed by atoms with van der Waals surface area (Å²) in [6, 6.07) is 16.3. The minimum absolute atomic E-state index is 0.227. The molecule has 3 N–H and O–H groups in total. The molecule has 24 heavy (non-hydrogen) atoms. The van der Waals surface area contributed by atoms with Crippen LogP contribution in [-0.4, -0.2) is 18.5 Å². The van der Waals surface area contributed by atoms with Crippen molar-refractivity contribution in [1.82, 2.24) is 5.32 Å². The zero-order valence-electron chi connectivity index (χ0n) is 13.1. The molecular formula is C19H18N2O3. The second-order valence-corrected chi connectivity index (χ2v) is 4.95. The number of amides is 2. The van der Waals surface area contributed by atoms with E-state index >= 15 is 0 Å². The number of hydrogen-bond donors (Lipinski definition) is 2. The van der Waals surface area contributed by atoms with Gasteiger partial charge in [0.05, 0.1) is 5.56 Å². The highest BCUT2D eigenvalue weighted by molar-refractivity contribution is 5.95. The van der Waals surface area contributed by atoms with Crippen LogP contribution in [0.3, 0.4) is 0 Å². The molecule has 0 saturated heterocycles. The monoisotopic (exact) mass is 322 g/mol. The number of benzene rings is 2. The van der Waals surface area contributed by atoms with Crippen molar-refractivity contribution >= 4 is 12.0 Å². The number of alkyl carbamates (subject to hydrolysis) is 1. The Hall–Kier alpha value is -3.26. The summed E-state index contributed by atoms with van der Waals surface area (Å²) in [7, 11) is 0. The van der Waals surface area contributed by atoms with E-state index in [2.05, 4.69) is 17.2 Å². The molecule has 2 amide bonds. The van der Waals surface area contributed by atoms with Gasteiger partial charge < -0.3 is 15.8 Å². The standard InChI is InChI=1S/C19H18N2O3/c20-18(22)17-12-5-4-10-16(17)11-6-7-13-21-19(23)24-14-15-8-2-1-3-9-15/h1-5,8-10,12H,7,13-14H2,(H2,20,22)(H,21,23). The lowest BCUT2D eigenvalue weighted by molar-refractivity contribution is 0.1000. The number of nitrogens with two attached hydrogens (primary N) is 1. The van der Waals surface area contributed by atoms with Gasteiger partial charge in [-0.25, -0.2) is 4.79 Å². The molecule has 0 heterocycles. The lowest BCUT2D eigenvalue weighted by Crippen LogP contribution is -2.24. The van der Waals surface area contributed by atoms with Crippen molar-refractivity contribution in [2.75, 3.05) is 6.54 Å². The smallest absolute Gasteiger partial charge is 0.407 e. The number of primary amides is 1. The molecule has 0 aliphatic carbocycles. The Balaban J connectivity index is 1.74. The van der Waals surface area contributed by atoms with Gasteiger partial charge in [-0.2, -0.15) is 0 Å². The summed E-state index contributed by atoms with van der Waals surface area (Å²) in [5, 5.41) is 2.62. The third-order valence-electron chi connectivity index (χ3n) is 3.15. The topological polar surface area (TPSA) is 81.4 Å². The van der Waals surface area contributed by atoms with Crippen molar-refractivity contribution < 1.29 is 14.3 Å². The third kappa shape index (κ3) is 5.50. The summed E-state index contributed by atoms with van der Waals surface area (Å²) in [6.07, 6.45) is -0.0498. The molecule has 0 aliphatic heterocycles. The van der Waals surface area contributed by atoms with Crippen LogP contribution in [0.2, 0.25) is 0 Å². The van der Waals surface area contributed by atoms with Crippen LogP contribution in [0.15, 0.2) is 54.6 Å². The molecule has 0 radical (unpaired) electrons. The lowest BCUT2D eigenvalue weighted by Gasteiger charge is -2.05. The van der Waals surface area contributed by atoms with Crippen LogP contribution in [0.1, 0.15) is 27.9 Å². The Morgan fingerprint density at radius 1 is 1.04 bits per heavy atom. The summed E-state index contributed by atoms with van der Waals surface area (Å²) < 4.78 is 5.08. The van der Waals surface area contributed by atoms with E-state index in [0.29, 0.717) is 24.1 Å². The Bertz CT molecular complexity index is 761. The van der Waals surface area contributed by atoms with E-state index in [0.717, 1.165) is 5.56 Å². The molecule has 0 saturated carbocycles. The summed E-state index contributed by atoms with van der Waals surface area (Å²) in [5.41, 5.74) is 7.18. The van der Waals surface area contributed by atoms with Crippen molar-refractivity contribution in [1.29, 1.82) is 0 Å². The first-order chi connectivity index (χ1) is 11.7. The Morgan fingerprint density at radius 3 is 2.50 bits per heavy atom. The molecule has 0 aromatic heterocycles. The van der Waals surface area contributed by atoms with Crippen LogP contribution >= 0.6 is 0 Å². The number of rotatable bonds is 5. The van der Waals surface area contributed by atoms with Gasteiger partial charge in [0.1, 0.15) is 6.61 Å². The van der Waals surface area contributed by atoms with Gasteiger partial charge in [-0.15, -0.1) is 0 Å². The van der Waals surface area contributed by atoms with Gasteiger partial charge in [-0.1, -0.05) is 54.3 Å². The molecule has 0 bridgehead atoms. The Morgan fingerprint density at radius 2 is 1.75 bits per heavy atom. The van der Waals surface area contributed by atoms with E-state index in [-0.39, 0.29) is 6.61 Å². The van der Waals surface area contributed by atoms with E-state index < -0.39 is 12.0 Å². The third-order valence-corrected chi connectivity index (χ3v) is 3.15. The first-order valence-electron chi connectivity index (χ1n) is 7.49. The molecule has 0 fully saturated rings. The van der Waals surface area contributed by atoms with Gasteiger partial charge in [0.15, 0.2) is 0 Å². The van der Waals surface area contributed by atoms with E-state index in [1.807, 2.05) is 30.3 Å². The largest absolute Gasteiger partial charge is 0.445 e. The maximum atomic E-state index is 11.6. The molecule has 5 heteroatoms. The maximum absolute atomic E-state index is 11.6. The van der Waals surface area contributed by atoms with Crippen LogP contribution in [0, 0.1) is 11.8 Å². The van der Waals surface area contributed by atoms with E-state index in [9.17, 15) is 9.59 Å². The highest BCUT2D eigenvalue weighted by Gasteiger charge is 2.04. The van der Waals surface area contributed by atoms with Gasteiger partial charge in [0, 0.05) is 18.5 Å². The number of ether oxygens (including phenoxy) is 1. The quantitative estimate of drug-likeness (QED) is 0.655. The fourth-order valence-electron chi connectivity index (χ4n) is 1.97. The zero-order chi connectivity index (χ0) is 17.2. The average Bonchev–Trinajstić information content (AvgIpc) is 2.61. The SMILES string of the molecule is NC(=O)c1ccccc1C#CCCNC(=O)OCc1ccccc1. The second kappa shape index (κ2) is 9.01. The number of carbonyl (C=O) groups is 2. The number of nitrogens with one attached hydrogen (secondary N) is 1. The lowest BCUT2D eigenvalue weighted by atomic mass is 10.1. The molecule has 0 spiro atoms. The first-order valence-corrected chi connectivity index (χ1v) is 7.49. The molecule has 2 rings (SSSR count). The fraction of sp³-hybridized carbons (Fsp3) is 0.158. The highest BCUT2D eigenvalue weighted by atomic mass is 16.5. The summed E-state index contributed by atoms with van der Waals surface area (Å²) >= 11 is 0. The van der Waals surface area contributed by atoms with Crippen molar-refractivity contribution in [2.24, 2.45) is 5.73 Å². The second-order valence-electron chi connectivity index (χ2n) is 4.95. The van der Waals surface area contributed by atoms with Gasteiger partial charge in [0.2, 0.25) is 5.91 Å². The summed E-state index contributed by atoms with van der Waals surface area (Å²) in [4.78, 5) is 22.8. The summed E-state index contributed by atoms with van der Waals surface area (Å²) in [6.45, 7) is 0.587. The molecule has 0 atom stereocenters. The zero-order valence-corrected chi connectivity index (χ0v) is 13.1. The van der Waals surface area contributed by atoms with Crippen molar-refractivity contribution in [3.05, 3.63) is 71.3 Å². The van der Waals surface area contributed by atoms with Crippen molar-refractivity contribution in [3.63, 3.8) is 0 Å².